The smallest absolute Gasteiger partial charge is 0.253 e. The summed E-state index contributed by atoms with van der Waals surface area (Å²) in [7, 11) is 0. The molecule has 2 heterocycles. The van der Waals surface area contributed by atoms with E-state index in [-0.39, 0.29) is 17.1 Å². The Bertz CT molecular complexity index is 289. The summed E-state index contributed by atoms with van der Waals surface area (Å²) in [6.07, 6.45) is 1.74. The van der Waals surface area contributed by atoms with Crippen LogP contribution in [0.2, 0.25) is 0 Å². The van der Waals surface area contributed by atoms with E-state index >= 15 is 0 Å². The lowest BCUT2D eigenvalue weighted by atomic mass is 10.1. The molecular formula is C9H13ClN2O3. The monoisotopic (exact) mass is 232 g/mol. The highest BCUT2D eigenvalue weighted by molar-refractivity contribution is 6.30. The quantitative estimate of drug-likeness (QED) is 0.623. The van der Waals surface area contributed by atoms with Gasteiger partial charge in [-0.1, -0.05) is 11.6 Å². The molecule has 84 valence electrons. The molecule has 2 rings (SSSR count). The maximum Gasteiger partial charge on any atom is 0.253 e. The number of nitrogens with one attached hydrogen (secondary N) is 1. The van der Waals surface area contributed by atoms with Crippen molar-refractivity contribution >= 4 is 17.5 Å². The van der Waals surface area contributed by atoms with Crippen LogP contribution in [0.5, 0.6) is 0 Å². The van der Waals surface area contributed by atoms with Gasteiger partial charge in [-0.2, -0.15) is 0 Å². The highest BCUT2D eigenvalue weighted by Crippen LogP contribution is 2.20. The number of hydrogen-bond donors (Lipinski definition) is 2. The third-order valence-electron chi connectivity index (χ3n) is 2.62. The summed E-state index contributed by atoms with van der Waals surface area (Å²) in [6.45, 7) is 1.25. The van der Waals surface area contributed by atoms with E-state index in [1.54, 1.807) is 0 Å². The van der Waals surface area contributed by atoms with Gasteiger partial charge in [0.25, 0.3) is 5.91 Å². The Morgan fingerprint density at radius 2 is 2.20 bits per heavy atom. The van der Waals surface area contributed by atoms with Crippen LogP contribution in [0.4, 0.5) is 0 Å². The highest BCUT2D eigenvalue weighted by Gasteiger charge is 2.32. The molecule has 0 spiro atoms. The summed E-state index contributed by atoms with van der Waals surface area (Å²) in [5, 5.41) is 12.5. The Balaban J connectivity index is 2.10. The van der Waals surface area contributed by atoms with Crippen molar-refractivity contribution in [3.05, 3.63) is 11.2 Å². The summed E-state index contributed by atoms with van der Waals surface area (Å²) in [5.74, 6) is -0.252. The first-order valence-corrected chi connectivity index (χ1v) is 5.28. The molecule has 2 N–H and O–H groups in total. The fraction of sp³-hybridized carbons (Fsp3) is 0.667. The van der Waals surface area contributed by atoms with E-state index in [0.29, 0.717) is 13.2 Å². The Labute approximate surface area is 92.6 Å². The zero-order chi connectivity index (χ0) is 10.8. The maximum atomic E-state index is 11.6. The first-order chi connectivity index (χ1) is 7.18. The number of carbonyl (C=O) groups is 1. The zero-order valence-electron chi connectivity index (χ0n) is 8.15. The number of nitrogens with zero attached hydrogens (tertiary/aromatic N) is 1. The molecule has 15 heavy (non-hydrogen) atoms. The number of halogens is 1. The molecule has 0 aromatic rings. The van der Waals surface area contributed by atoms with Crippen LogP contribution in [0.15, 0.2) is 11.2 Å². The SMILES string of the molecule is O=C1C=C(Cl)NC(O)N1C1CCOCC1. The van der Waals surface area contributed by atoms with Crippen LogP contribution in [-0.2, 0) is 9.53 Å². The van der Waals surface area contributed by atoms with Gasteiger partial charge in [0, 0.05) is 25.3 Å². The molecule has 5 nitrogen and oxygen atoms in total. The molecular weight excluding hydrogens is 220 g/mol. The first kappa shape index (κ1) is 10.7. The van der Waals surface area contributed by atoms with Gasteiger partial charge in [-0.15, -0.1) is 0 Å². The van der Waals surface area contributed by atoms with E-state index in [0.717, 1.165) is 12.8 Å². The van der Waals surface area contributed by atoms with Crippen molar-refractivity contribution in [1.82, 2.24) is 10.2 Å². The molecule has 0 radical (unpaired) electrons. The number of ether oxygens (including phenoxy) is 1. The Hall–Kier alpha value is -0.780. The highest BCUT2D eigenvalue weighted by atomic mass is 35.5. The molecule has 0 aromatic carbocycles. The Morgan fingerprint density at radius 1 is 1.53 bits per heavy atom. The minimum absolute atomic E-state index is 0.0229. The Kier molecular flexibility index (Phi) is 3.14. The van der Waals surface area contributed by atoms with E-state index in [1.165, 1.54) is 11.0 Å². The molecule has 0 aliphatic carbocycles. The number of hydrogen-bond acceptors (Lipinski definition) is 4. The van der Waals surface area contributed by atoms with Crippen molar-refractivity contribution in [2.75, 3.05) is 13.2 Å². The van der Waals surface area contributed by atoms with Gasteiger partial charge in [-0.25, -0.2) is 0 Å². The van der Waals surface area contributed by atoms with Crippen molar-refractivity contribution < 1.29 is 14.6 Å². The zero-order valence-corrected chi connectivity index (χ0v) is 8.91. The largest absolute Gasteiger partial charge is 0.381 e. The molecule has 2 aliphatic heterocycles. The fourth-order valence-corrected chi connectivity index (χ4v) is 2.07. The second kappa shape index (κ2) is 4.38. The van der Waals surface area contributed by atoms with Crippen molar-refractivity contribution in [1.29, 1.82) is 0 Å². The van der Waals surface area contributed by atoms with Crippen LogP contribution in [0.25, 0.3) is 0 Å². The van der Waals surface area contributed by atoms with E-state index in [2.05, 4.69) is 5.32 Å². The lowest BCUT2D eigenvalue weighted by Gasteiger charge is -2.39. The van der Waals surface area contributed by atoms with Crippen LogP contribution < -0.4 is 5.32 Å². The number of carbonyl (C=O) groups excluding carboxylic acids is 1. The van der Waals surface area contributed by atoms with E-state index in [4.69, 9.17) is 16.3 Å². The summed E-state index contributed by atoms with van der Waals surface area (Å²) in [6, 6.07) is 0.0229. The van der Waals surface area contributed by atoms with Crippen molar-refractivity contribution in [2.24, 2.45) is 0 Å². The average molecular weight is 233 g/mol. The first-order valence-electron chi connectivity index (χ1n) is 4.90. The molecule has 1 saturated heterocycles. The van der Waals surface area contributed by atoms with E-state index < -0.39 is 6.35 Å². The lowest BCUT2D eigenvalue weighted by Crippen LogP contribution is -2.56. The molecule has 2 aliphatic rings. The summed E-state index contributed by atoms with van der Waals surface area (Å²) < 4.78 is 5.20. The second-order valence-corrected chi connectivity index (χ2v) is 4.01. The molecule has 1 amide bonds. The fourth-order valence-electron chi connectivity index (χ4n) is 1.88. The second-order valence-electron chi connectivity index (χ2n) is 3.60. The van der Waals surface area contributed by atoms with Gasteiger partial charge < -0.3 is 15.2 Å². The minimum Gasteiger partial charge on any atom is -0.381 e. The number of amides is 1. The van der Waals surface area contributed by atoms with Crippen LogP contribution >= 0.6 is 11.6 Å². The molecule has 1 unspecified atom stereocenters. The van der Waals surface area contributed by atoms with Crippen LogP contribution in [0.1, 0.15) is 12.8 Å². The van der Waals surface area contributed by atoms with Crippen molar-refractivity contribution in [3.63, 3.8) is 0 Å². The van der Waals surface area contributed by atoms with Gasteiger partial charge in [0.1, 0.15) is 5.16 Å². The number of aliphatic hydroxyl groups excluding tert-OH is 1. The van der Waals surface area contributed by atoms with Gasteiger partial charge in [0.2, 0.25) is 6.35 Å². The number of rotatable bonds is 1. The van der Waals surface area contributed by atoms with Crippen LogP contribution in [-0.4, -0.2) is 41.5 Å². The predicted octanol–water partition coefficient (Wildman–Crippen LogP) is -0.0467. The summed E-state index contributed by atoms with van der Waals surface area (Å²) >= 11 is 5.63. The van der Waals surface area contributed by atoms with Gasteiger partial charge in [-0.3, -0.25) is 9.69 Å². The molecule has 6 heteroatoms. The van der Waals surface area contributed by atoms with Gasteiger partial charge in [0.05, 0.1) is 0 Å². The third-order valence-corrected chi connectivity index (χ3v) is 2.84. The predicted molar refractivity (Wildman–Crippen MR) is 53.8 cm³/mol. The topological polar surface area (TPSA) is 61.8 Å². The molecule has 1 atom stereocenters. The Morgan fingerprint density at radius 3 is 2.80 bits per heavy atom. The van der Waals surface area contributed by atoms with E-state index in [9.17, 15) is 9.90 Å². The molecule has 0 bridgehead atoms. The van der Waals surface area contributed by atoms with E-state index in [1.807, 2.05) is 0 Å². The summed E-state index contributed by atoms with van der Waals surface area (Å²) in [5.41, 5.74) is 0. The molecule has 0 aromatic heterocycles. The van der Waals surface area contributed by atoms with Gasteiger partial charge in [-0.05, 0) is 12.8 Å². The van der Waals surface area contributed by atoms with Gasteiger partial charge >= 0.3 is 0 Å². The van der Waals surface area contributed by atoms with Crippen LogP contribution in [0.3, 0.4) is 0 Å². The third kappa shape index (κ3) is 2.25. The van der Waals surface area contributed by atoms with Crippen LogP contribution in [0, 0.1) is 0 Å². The maximum absolute atomic E-state index is 11.6. The normalized spacial score (nSPS) is 28.7. The molecule has 1 fully saturated rings. The van der Waals surface area contributed by atoms with Gasteiger partial charge in [0.15, 0.2) is 0 Å². The minimum atomic E-state index is -1.03. The molecule has 0 saturated carbocycles. The lowest BCUT2D eigenvalue weighted by molar-refractivity contribution is -0.147. The van der Waals surface area contributed by atoms with Crippen molar-refractivity contribution in [3.8, 4) is 0 Å². The number of aliphatic hydroxyl groups is 1. The average Bonchev–Trinajstić information content (AvgIpc) is 2.17. The standard InChI is InChI=1S/C9H13ClN2O3/c10-7-5-8(13)12(9(14)11-7)6-1-3-15-4-2-6/h5-6,9,11,14H,1-4H2. The summed E-state index contributed by atoms with van der Waals surface area (Å²) in [4.78, 5) is 13.0. The van der Waals surface area contributed by atoms with Crippen molar-refractivity contribution in [2.45, 2.75) is 25.2 Å².